The molecular formula is C14H19ClN4O2. The summed E-state index contributed by atoms with van der Waals surface area (Å²) in [6.07, 6.45) is 6.33. The summed E-state index contributed by atoms with van der Waals surface area (Å²) in [5, 5.41) is 3.34. The minimum atomic E-state index is -0.677. The van der Waals surface area contributed by atoms with Crippen LogP contribution in [0.15, 0.2) is 6.20 Å². The number of hydrogen-bond donors (Lipinski definition) is 1. The molecule has 1 N–H and O–H groups in total. The second kappa shape index (κ2) is 6.95. The lowest BCUT2D eigenvalue weighted by Crippen LogP contribution is -2.42. The van der Waals surface area contributed by atoms with E-state index in [1.807, 2.05) is 0 Å². The first kappa shape index (κ1) is 15.9. The van der Waals surface area contributed by atoms with E-state index in [-0.39, 0.29) is 22.8 Å². The van der Waals surface area contributed by atoms with Crippen molar-refractivity contribution in [2.24, 2.45) is 0 Å². The fourth-order valence-electron chi connectivity index (χ4n) is 2.56. The summed E-state index contributed by atoms with van der Waals surface area (Å²) >= 11 is 5.83. The molecule has 1 amide bonds. The molecular weight excluding hydrogens is 292 g/mol. The highest BCUT2D eigenvalue weighted by molar-refractivity contribution is 6.28. The molecule has 1 saturated carbocycles. The lowest BCUT2D eigenvalue weighted by atomic mass is 10.1. The van der Waals surface area contributed by atoms with Crippen molar-refractivity contribution in [2.45, 2.75) is 37.8 Å². The summed E-state index contributed by atoms with van der Waals surface area (Å²) < 4.78 is 0. The summed E-state index contributed by atoms with van der Waals surface area (Å²) in [7, 11) is 3.35. The molecule has 0 aromatic carbocycles. The van der Waals surface area contributed by atoms with Crippen molar-refractivity contribution in [3.05, 3.63) is 22.7 Å². The molecule has 1 heterocycles. The molecule has 0 spiro atoms. The van der Waals surface area contributed by atoms with Gasteiger partial charge in [-0.05, 0) is 24.4 Å². The van der Waals surface area contributed by atoms with Crippen molar-refractivity contribution in [3.63, 3.8) is 0 Å². The highest BCUT2D eigenvalue weighted by atomic mass is 35.5. The third-order valence-electron chi connectivity index (χ3n) is 3.66. The summed E-state index contributed by atoms with van der Waals surface area (Å²) in [5.41, 5.74) is 0.626. The average Bonchev–Trinajstić information content (AvgIpc) is 2.97. The summed E-state index contributed by atoms with van der Waals surface area (Å²) in [6, 6.07) is -0.420. The maximum atomic E-state index is 12.5. The van der Waals surface area contributed by atoms with Crippen LogP contribution in [0.5, 0.6) is 0 Å². The molecule has 2 rings (SSSR count). The van der Waals surface area contributed by atoms with Crippen LogP contribution in [0.1, 0.15) is 47.8 Å². The van der Waals surface area contributed by atoms with E-state index in [0.717, 1.165) is 25.7 Å². The van der Waals surface area contributed by atoms with Crippen LogP contribution >= 0.6 is 11.6 Å². The Morgan fingerprint density at radius 2 is 2.14 bits per heavy atom. The number of hydrogen-bond acceptors (Lipinski definition) is 5. The van der Waals surface area contributed by atoms with Crippen molar-refractivity contribution < 1.29 is 9.59 Å². The zero-order valence-corrected chi connectivity index (χ0v) is 12.9. The van der Waals surface area contributed by atoms with Crippen molar-refractivity contribution in [1.29, 1.82) is 0 Å². The average molecular weight is 311 g/mol. The van der Waals surface area contributed by atoms with Gasteiger partial charge in [0.15, 0.2) is 6.29 Å². The van der Waals surface area contributed by atoms with Crippen LogP contribution in [-0.4, -0.2) is 47.2 Å². The number of carbonyl (C=O) groups excluding carboxylic acids is 2. The summed E-state index contributed by atoms with van der Waals surface area (Å²) in [4.78, 5) is 33.0. The molecule has 0 radical (unpaired) electrons. The van der Waals surface area contributed by atoms with E-state index in [0.29, 0.717) is 12.0 Å². The highest BCUT2D eigenvalue weighted by Crippen LogP contribution is 2.24. The Labute approximate surface area is 128 Å². The SMILES string of the molecule is CN(C)C(=O)C(NC1CCCC1)c1nc(Cl)ncc1C=O. The third-order valence-corrected chi connectivity index (χ3v) is 3.85. The maximum absolute atomic E-state index is 12.5. The molecule has 1 aromatic rings. The molecule has 1 aliphatic carbocycles. The van der Waals surface area contributed by atoms with Gasteiger partial charge >= 0.3 is 0 Å². The van der Waals surface area contributed by atoms with Crippen LogP contribution in [-0.2, 0) is 4.79 Å². The van der Waals surface area contributed by atoms with Crippen LogP contribution in [0, 0.1) is 0 Å². The number of amides is 1. The van der Waals surface area contributed by atoms with Gasteiger partial charge in [0.05, 0.1) is 11.3 Å². The highest BCUT2D eigenvalue weighted by Gasteiger charge is 2.30. The van der Waals surface area contributed by atoms with Gasteiger partial charge in [0, 0.05) is 26.3 Å². The molecule has 1 unspecified atom stereocenters. The van der Waals surface area contributed by atoms with Crippen LogP contribution in [0.4, 0.5) is 0 Å². The van der Waals surface area contributed by atoms with Gasteiger partial charge in [0.25, 0.3) is 0 Å². The zero-order chi connectivity index (χ0) is 15.4. The van der Waals surface area contributed by atoms with E-state index in [4.69, 9.17) is 11.6 Å². The first-order valence-electron chi connectivity index (χ1n) is 6.97. The number of halogens is 1. The van der Waals surface area contributed by atoms with Crippen LogP contribution < -0.4 is 5.32 Å². The second-order valence-electron chi connectivity index (χ2n) is 5.41. The van der Waals surface area contributed by atoms with E-state index in [1.165, 1.54) is 11.1 Å². The fraction of sp³-hybridized carbons (Fsp3) is 0.571. The number of aromatic nitrogens is 2. The molecule has 1 atom stereocenters. The lowest BCUT2D eigenvalue weighted by molar-refractivity contribution is -0.131. The maximum Gasteiger partial charge on any atom is 0.245 e. The Morgan fingerprint density at radius 3 is 2.71 bits per heavy atom. The number of aldehydes is 1. The molecule has 1 aliphatic rings. The van der Waals surface area contributed by atoms with Crippen LogP contribution in [0.25, 0.3) is 0 Å². The molecule has 0 bridgehead atoms. The molecule has 1 aromatic heterocycles. The molecule has 7 heteroatoms. The van der Waals surface area contributed by atoms with Gasteiger partial charge in [0.2, 0.25) is 11.2 Å². The van der Waals surface area contributed by atoms with Crippen molar-refractivity contribution in [3.8, 4) is 0 Å². The zero-order valence-electron chi connectivity index (χ0n) is 12.2. The monoisotopic (exact) mass is 310 g/mol. The van der Waals surface area contributed by atoms with E-state index in [2.05, 4.69) is 15.3 Å². The molecule has 0 aliphatic heterocycles. The number of nitrogens with zero attached hydrogens (tertiary/aromatic N) is 3. The van der Waals surface area contributed by atoms with E-state index < -0.39 is 6.04 Å². The van der Waals surface area contributed by atoms with Gasteiger partial charge in [-0.1, -0.05) is 12.8 Å². The molecule has 1 fully saturated rings. The van der Waals surface area contributed by atoms with Gasteiger partial charge in [-0.15, -0.1) is 0 Å². The first-order valence-corrected chi connectivity index (χ1v) is 7.35. The van der Waals surface area contributed by atoms with E-state index >= 15 is 0 Å². The van der Waals surface area contributed by atoms with E-state index in [9.17, 15) is 9.59 Å². The number of likely N-dealkylation sites (N-methyl/N-ethyl adjacent to an activating group) is 1. The topological polar surface area (TPSA) is 75.2 Å². The van der Waals surface area contributed by atoms with E-state index in [1.54, 1.807) is 14.1 Å². The fourth-order valence-corrected chi connectivity index (χ4v) is 2.70. The van der Waals surface area contributed by atoms with Gasteiger partial charge in [-0.25, -0.2) is 9.97 Å². The minimum Gasteiger partial charge on any atom is -0.347 e. The van der Waals surface area contributed by atoms with Gasteiger partial charge in [-0.2, -0.15) is 0 Å². The Bertz CT molecular complexity index is 530. The summed E-state index contributed by atoms with van der Waals surface area (Å²) in [6.45, 7) is 0. The number of carbonyl (C=O) groups is 2. The molecule has 6 nitrogen and oxygen atoms in total. The van der Waals surface area contributed by atoms with Crippen molar-refractivity contribution in [1.82, 2.24) is 20.2 Å². The normalized spacial score (nSPS) is 16.7. The Hall–Kier alpha value is -1.53. The Morgan fingerprint density at radius 1 is 1.48 bits per heavy atom. The number of rotatable bonds is 5. The van der Waals surface area contributed by atoms with Crippen LogP contribution in [0.2, 0.25) is 5.28 Å². The molecule has 21 heavy (non-hydrogen) atoms. The Kier molecular flexibility index (Phi) is 5.25. The predicted molar refractivity (Wildman–Crippen MR) is 79.3 cm³/mol. The van der Waals surface area contributed by atoms with Crippen LogP contribution in [0.3, 0.4) is 0 Å². The van der Waals surface area contributed by atoms with Gasteiger partial charge < -0.3 is 4.90 Å². The standard InChI is InChI=1S/C14H19ClN4O2/c1-19(2)13(21)12(17-10-5-3-4-6-10)11-9(8-20)7-16-14(15)18-11/h7-8,10,12,17H,3-6H2,1-2H3. The predicted octanol–water partition coefficient (Wildman–Crippen LogP) is 1.60. The lowest BCUT2D eigenvalue weighted by Gasteiger charge is -2.25. The smallest absolute Gasteiger partial charge is 0.245 e. The summed E-state index contributed by atoms with van der Waals surface area (Å²) in [5.74, 6) is -0.153. The largest absolute Gasteiger partial charge is 0.347 e. The third kappa shape index (κ3) is 3.77. The van der Waals surface area contributed by atoms with Gasteiger partial charge in [-0.3, -0.25) is 14.9 Å². The quantitative estimate of drug-likeness (QED) is 0.660. The number of nitrogens with one attached hydrogen (secondary N) is 1. The molecule has 114 valence electrons. The molecule has 0 saturated heterocycles. The van der Waals surface area contributed by atoms with Crippen molar-refractivity contribution in [2.75, 3.05) is 14.1 Å². The van der Waals surface area contributed by atoms with Crippen molar-refractivity contribution >= 4 is 23.8 Å². The second-order valence-corrected chi connectivity index (χ2v) is 5.75. The minimum absolute atomic E-state index is 0.0281. The Balaban J connectivity index is 2.35. The first-order chi connectivity index (χ1) is 10.0. The van der Waals surface area contributed by atoms with Gasteiger partial charge in [0.1, 0.15) is 6.04 Å².